The molecular weight excluding hydrogens is 548 g/mol. The normalized spacial score (nSPS) is 14.3. The molecule has 0 aliphatic heterocycles. The number of hydrogen-bond donors (Lipinski definition) is 2. The number of benzene rings is 2. The molecule has 0 radical (unpaired) electrons. The van der Waals surface area contributed by atoms with Gasteiger partial charge in [-0.1, -0.05) is 30.3 Å². The lowest BCUT2D eigenvalue weighted by molar-refractivity contribution is 0.0952. The van der Waals surface area contributed by atoms with Crippen molar-refractivity contribution in [3.63, 3.8) is 0 Å². The first-order chi connectivity index (χ1) is 19.9. The van der Waals surface area contributed by atoms with Gasteiger partial charge in [-0.3, -0.25) is 9.59 Å². The average molecular weight is 587 g/mol. The van der Waals surface area contributed by atoms with Gasteiger partial charge in [0.2, 0.25) is 10.0 Å². The van der Waals surface area contributed by atoms with E-state index in [-0.39, 0.29) is 18.0 Å². The summed E-state index contributed by atoms with van der Waals surface area (Å²) in [5, 5.41) is 3.50. The molecule has 4 aromatic rings. The van der Waals surface area contributed by atoms with Crippen molar-refractivity contribution in [3.05, 3.63) is 105 Å². The SMILES string of the molecule is C=CCC1(S(=O)(=O)n2cc(C)c3c(C(=O)NCc4c(C)cc(C)[nH]c4=O)cc(-c4ccc(CN(C)C)cc4)cc32)CC1. The van der Waals surface area contributed by atoms with E-state index in [9.17, 15) is 18.0 Å². The summed E-state index contributed by atoms with van der Waals surface area (Å²) in [4.78, 5) is 31.3. The molecule has 0 atom stereocenters. The zero-order valence-corrected chi connectivity index (χ0v) is 25.7. The van der Waals surface area contributed by atoms with E-state index in [0.717, 1.165) is 34.5 Å². The van der Waals surface area contributed by atoms with Crippen molar-refractivity contribution in [3.8, 4) is 11.1 Å². The molecule has 0 unspecified atom stereocenters. The minimum Gasteiger partial charge on any atom is -0.348 e. The molecular formula is C33H38N4O4S. The highest BCUT2D eigenvalue weighted by atomic mass is 32.2. The first-order valence-electron chi connectivity index (χ1n) is 14.1. The summed E-state index contributed by atoms with van der Waals surface area (Å²) in [5.74, 6) is -0.379. The summed E-state index contributed by atoms with van der Waals surface area (Å²) in [6, 6.07) is 13.6. The summed E-state index contributed by atoms with van der Waals surface area (Å²) < 4.78 is 28.5. The molecule has 42 heavy (non-hydrogen) atoms. The number of aromatic nitrogens is 2. The summed E-state index contributed by atoms with van der Waals surface area (Å²) in [6.07, 6.45) is 4.81. The second-order valence-electron chi connectivity index (χ2n) is 11.8. The van der Waals surface area contributed by atoms with E-state index < -0.39 is 14.8 Å². The summed E-state index contributed by atoms with van der Waals surface area (Å²) >= 11 is 0. The van der Waals surface area contributed by atoms with Crippen LogP contribution in [-0.4, -0.2) is 47.0 Å². The van der Waals surface area contributed by atoms with Gasteiger partial charge >= 0.3 is 0 Å². The molecule has 220 valence electrons. The number of nitrogens with one attached hydrogen (secondary N) is 2. The third-order valence-corrected chi connectivity index (χ3v) is 10.6. The number of nitrogens with zero attached hydrogens (tertiary/aromatic N) is 2. The molecule has 1 saturated carbocycles. The van der Waals surface area contributed by atoms with Crippen molar-refractivity contribution < 1.29 is 13.2 Å². The third kappa shape index (κ3) is 5.34. The molecule has 1 aliphatic rings. The summed E-state index contributed by atoms with van der Waals surface area (Å²) in [6.45, 7) is 10.1. The van der Waals surface area contributed by atoms with Crippen LogP contribution in [0.25, 0.3) is 22.0 Å². The topological polar surface area (TPSA) is 104 Å². The Hall–Kier alpha value is -3.95. The fourth-order valence-corrected chi connectivity index (χ4v) is 7.84. The van der Waals surface area contributed by atoms with Crippen LogP contribution in [0, 0.1) is 20.8 Å². The quantitative estimate of drug-likeness (QED) is 0.249. The van der Waals surface area contributed by atoms with Crippen LogP contribution in [0.2, 0.25) is 0 Å². The minimum absolute atomic E-state index is 0.0474. The van der Waals surface area contributed by atoms with Crippen LogP contribution in [0.3, 0.4) is 0 Å². The molecule has 1 aliphatic carbocycles. The van der Waals surface area contributed by atoms with Crippen molar-refractivity contribution in [2.75, 3.05) is 14.1 Å². The fraction of sp³-hybridized carbons (Fsp3) is 0.333. The van der Waals surface area contributed by atoms with Gasteiger partial charge in [0, 0.05) is 41.5 Å². The fourth-order valence-electron chi connectivity index (χ4n) is 5.78. The van der Waals surface area contributed by atoms with Gasteiger partial charge in [0.25, 0.3) is 11.5 Å². The lowest BCUT2D eigenvalue weighted by Crippen LogP contribution is -2.29. The van der Waals surface area contributed by atoms with Gasteiger partial charge in [0.15, 0.2) is 0 Å². The minimum atomic E-state index is -3.76. The highest BCUT2D eigenvalue weighted by molar-refractivity contribution is 7.91. The first kappa shape index (κ1) is 29.5. The zero-order valence-electron chi connectivity index (χ0n) is 24.9. The highest BCUT2D eigenvalue weighted by Gasteiger charge is 2.54. The smallest absolute Gasteiger partial charge is 0.253 e. The Morgan fingerprint density at radius 2 is 1.76 bits per heavy atom. The predicted octanol–water partition coefficient (Wildman–Crippen LogP) is 5.20. The molecule has 5 rings (SSSR count). The lowest BCUT2D eigenvalue weighted by atomic mass is 9.97. The van der Waals surface area contributed by atoms with Crippen LogP contribution in [0.15, 0.2) is 66.1 Å². The molecule has 9 heteroatoms. The van der Waals surface area contributed by atoms with E-state index in [1.165, 1.54) is 3.97 Å². The van der Waals surface area contributed by atoms with Crippen LogP contribution in [0.5, 0.6) is 0 Å². The van der Waals surface area contributed by atoms with Gasteiger partial charge in [0.1, 0.15) is 0 Å². The Balaban J connectivity index is 1.64. The van der Waals surface area contributed by atoms with Crippen LogP contribution < -0.4 is 10.9 Å². The number of hydrogen-bond acceptors (Lipinski definition) is 5. The number of pyridine rings is 1. The number of allylic oxidation sites excluding steroid dienone is 1. The summed E-state index contributed by atoms with van der Waals surface area (Å²) in [5.41, 5.74) is 6.04. The van der Waals surface area contributed by atoms with Crippen molar-refractivity contribution >= 4 is 26.8 Å². The molecule has 2 heterocycles. The van der Waals surface area contributed by atoms with Gasteiger partial charge in [-0.05, 0) is 100 Å². The molecule has 0 saturated heterocycles. The van der Waals surface area contributed by atoms with E-state index in [1.807, 2.05) is 77.3 Å². The Labute approximate surface area is 247 Å². The Morgan fingerprint density at radius 1 is 1.07 bits per heavy atom. The highest BCUT2D eigenvalue weighted by Crippen LogP contribution is 2.49. The number of rotatable bonds is 10. The molecule has 0 spiro atoms. The molecule has 2 aromatic heterocycles. The van der Waals surface area contributed by atoms with Crippen molar-refractivity contribution in [2.45, 2.75) is 57.9 Å². The van der Waals surface area contributed by atoms with Crippen molar-refractivity contribution in [1.29, 1.82) is 0 Å². The number of amides is 1. The number of fused-ring (bicyclic) bond motifs is 1. The Kier molecular flexibility index (Phi) is 7.76. The van der Waals surface area contributed by atoms with E-state index in [4.69, 9.17) is 0 Å². The molecule has 1 amide bonds. The van der Waals surface area contributed by atoms with Gasteiger partial charge in [-0.25, -0.2) is 12.4 Å². The van der Waals surface area contributed by atoms with Gasteiger partial charge in [0.05, 0.1) is 10.3 Å². The van der Waals surface area contributed by atoms with Gasteiger partial charge in [-0.2, -0.15) is 0 Å². The molecule has 2 aromatic carbocycles. The molecule has 8 nitrogen and oxygen atoms in total. The molecule has 2 N–H and O–H groups in total. The van der Waals surface area contributed by atoms with E-state index >= 15 is 0 Å². The van der Waals surface area contributed by atoms with E-state index in [1.54, 1.807) is 12.3 Å². The number of carbonyl (C=O) groups is 1. The Bertz CT molecular complexity index is 1860. The van der Waals surface area contributed by atoms with Crippen LogP contribution in [0.1, 0.15) is 57.6 Å². The third-order valence-electron chi connectivity index (χ3n) is 8.14. The number of aryl methyl sites for hydroxylation is 3. The second kappa shape index (κ2) is 11.0. The summed E-state index contributed by atoms with van der Waals surface area (Å²) in [7, 11) is 0.252. The standard InChI is InChI=1S/C33H38N4O4S/c1-7-12-33(13-14-33)42(40,41)37-19-22(3)30-27(31(38)34-18-28-21(2)15-23(4)35-32(28)39)16-26(17-29(30)37)25-10-8-24(9-11-25)20-36(5)6/h7-11,15-17,19H,1,12-14,18,20H2,2-6H3,(H,34,38)(H,35,39). The predicted molar refractivity (Wildman–Crippen MR) is 168 cm³/mol. The number of carbonyl (C=O) groups excluding carboxylic acids is 1. The van der Waals surface area contributed by atoms with Gasteiger partial charge in [-0.15, -0.1) is 6.58 Å². The van der Waals surface area contributed by atoms with Crippen LogP contribution in [-0.2, 0) is 23.1 Å². The van der Waals surface area contributed by atoms with Gasteiger partial charge < -0.3 is 15.2 Å². The maximum absolute atomic E-state index is 14.0. The number of H-pyrrole nitrogens is 1. The van der Waals surface area contributed by atoms with Crippen molar-refractivity contribution in [1.82, 2.24) is 19.2 Å². The molecule has 1 fully saturated rings. The van der Waals surface area contributed by atoms with E-state index in [2.05, 4.69) is 21.8 Å². The van der Waals surface area contributed by atoms with Crippen molar-refractivity contribution in [2.24, 2.45) is 0 Å². The maximum atomic E-state index is 14.0. The average Bonchev–Trinajstić information content (AvgIpc) is 3.64. The second-order valence-corrected chi connectivity index (χ2v) is 14.0. The zero-order chi connectivity index (χ0) is 30.4. The van der Waals surface area contributed by atoms with Crippen LogP contribution >= 0.6 is 0 Å². The van der Waals surface area contributed by atoms with Crippen LogP contribution in [0.4, 0.5) is 0 Å². The monoisotopic (exact) mass is 586 g/mol. The lowest BCUT2D eigenvalue weighted by Gasteiger charge is -2.17. The maximum Gasteiger partial charge on any atom is 0.253 e. The van der Waals surface area contributed by atoms with E-state index in [0.29, 0.717) is 46.9 Å². The molecule has 0 bridgehead atoms. The first-order valence-corrected chi connectivity index (χ1v) is 15.5. The Morgan fingerprint density at radius 3 is 2.36 bits per heavy atom. The number of aromatic amines is 1. The largest absolute Gasteiger partial charge is 0.348 e.